The van der Waals surface area contributed by atoms with Crippen LogP contribution >= 0.6 is 7.92 Å². The van der Waals surface area contributed by atoms with Gasteiger partial charge in [0.15, 0.2) is 8.32 Å². The second-order valence-electron chi connectivity index (χ2n) is 8.68. The summed E-state index contributed by atoms with van der Waals surface area (Å²) in [6.45, 7) is 12.2. The van der Waals surface area contributed by atoms with Crippen LogP contribution in [0.25, 0.3) is 0 Å². The Morgan fingerprint density at radius 3 is 1.68 bits per heavy atom. The molecule has 1 nitrogen and oxygen atoms in total. The van der Waals surface area contributed by atoms with Crippen LogP contribution in [0.15, 0.2) is 84.9 Å². The first-order chi connectivity index (χ1) is 13.3. The van der Waals surface area contributed by atoms with Gasteiger partial charge in [0.05, 0.1) is 6.61 Å². The minimum Gasteiger partial charge on any atom is -0.413 e. The molecule has 0 aliphatic heterocycles. The summed E-state index contributed by atoms with van der Waals surface area (Å²) < 4.78 is 6.59. The fraction of sp³-hybridized carbons (Fsp3) is 0.280. The summed E-state index contributed by atoms with van der Waals surface area (Å²) in [7, 11) is -2.40. The SMILES string of the molecule is CC(C)(C)[Si](C)(C)OCc1ccccc1P(c1ccccc1)c1ccccc1. The lowest BCUT2D eigenvalue weighted by atomic mass is 10.2. The number of hydrogen-bond acceptors (Lipinski definition) is 1. The molecule has 0 atom stereocenters. The standard InChI is InChI=1S/C25H31OPSi/c1-25(2,3)28(4,5)26-20-21-14-12-13-19-24(21)27(22-15-8-6-9-16-22)23-17-10-7-11-18-23/h6-19H,20H2,1-5H3. The maximum Gasteiger partial charge on any atom is 0.192 e. The monoisotopic (exact) mass is 406 g/mol. The van der Waals surface area contributed by atoms with Crippen LogP contribution in [-0.2, 0) is 11.0 Å². The largest absolute Gasteiger partial charge is 0.413 e. The zero-order valence-electron chi connectivity index (χ0n) is 17.6. The maximum atomic E-state index is 6.59. The van der Waals surface area contributed by atoms with Gasteiger partial charge in [0.1, 0.15) is 0 Å². The van der Waals surface area contributed by atoms with E-state index in [1.165, 1.54) is 21.5 Å². The minimum atomic E-state index is -1.80. The van der Waals surface area contributed by atoms with Crippen molar-refractivity contribution in [2.24, 2.45) is 0 Å². The normalized spacial score (nSPS) is 12.4. The van der Waals surface area contributed by atoms with Gasteiger partial charge < -0.3 is 4.43 Å². The lowest BCUT2D eigenvalue weighted by Gasteiger charge is -2.36. The predicted molar refractivity (Wildman–Crippen MR) is 127 cm³/mol. The van der Waals surface area contributed by atoms with Crippen LogP contribution in [0.5, 0.6) is 0 Å². The third-order valence-electron chi connectivity index (χ3n) is 5.66. The number of rotatable bonds is 6. The van der Waals surface area contributed by atoms with E-state index in [2.05, 4.69) is 119 Å². The second-order valence-corrected chi connectivity index (χ2v) is 15.7. The van der Waals surface area contributed by atoms with Crippen molar-refractivity contribution in [2.45, 2.75) is 45.5 Å². The highest BCUT2D eigenvalue weighted by Gasteiger charge is 2.37. The molecule has 0 radical (unpaired) electrons. The number of benzene rings is 3. The molecule has 0 unspecified atom stereocenters. The van der Waals surface area contributed by atoms with E-state index in [0.29, 0.717) is 6.61 Å². The van der Waals surface area contributed by atoms with Crippen molar-refractivity contribution in [3.8, 4) is 0 Å². The average Bonchev–Trinajstić information content (AvgIpc) is 2.68. The van der Waals surface area contributed by atoms with Crippen LogP contribution in [0.2, 0.25) is 18.1 Å². The van der Waals surface area contributed by atoms with Crippen molar-refractivity contribution in [3.05, 3.63) is 90.5 Å². The lowest BCUT2D eigenvalue weighted by molar-refractivity contribution is 0.277. The topological polar surface area (TPSA) is 9.23 Å². The molecule has 0 aliphatic carbocycles. The summed E-state index contributed by atoms with van der Waals surface area (Å²) in [5, 5.41) is 4.37. The van der Waals surface area contributed by atoms with E-state index in [-0.39, 0.29) is 5.04 Å². The summed E-state index contributed by atoms with van der Waals surface area (Å²) in [6.07, 6.45) is 0. The molecule has 0 aromatic heterocycles. The van der Waals surface area contributed by atoms with Crippen molar-refractivity contribution >= 4 is 32.2 Å². The Kier molecular flexibility index (Phi) is 6.55. The molecule has 3 rings (SSSR count). The molecule has 0 N–H and O–H groups in total. The molecule has 3 aromatic carbocycles. The highest BCUT2D eigenvalue weighted by atomic mass is 31.1. The van der Waals surface area contributed by atoms with Gasteiger partial charge in [0.25, 0.3) is 0 Å². The van der Waals surface area contributed by atoms with E-state index in [4.69, 9.17) is 4.43 Å². The molecule has 0 saturated carbocycles. The summed E-state index contributed by atoms with van der Waals surface area (Å²) in [6, 6.07) is 30.6. The molecule has 0 saturated heterocycles. The lowest BCUT2D eigenvalue weighted by Crippen LogP contribution is -2.41. The molecule has 3 aromatic rings. The summed E-state index contributed by atoms with van der Waals surface area (Å²) in [5.41, 5.74) is 1.31. The average molecular weight is 407 g/mol. The second kappa shape index (κ2) is 8.74. The molecule has 0 spiro atoms. The zero-order valence-corrected chi connectivity index (χ0v) is 19.5. The van der Waals surface area contributed by atoms with Gasteiger partial charge in [0, 0.05) is 0 Å². The third kappa shape index (κ3) is 4.81. The Bertz CT molecular complexity index is 846. The van der Waals surface area contributed by atoms with Gasteiger partial charge in [-0.1, -0.05) is 106 Å². The van der Waals surface area contributed by atoms with E-state index < -0.39 is 16.2 Å². The predicted octanol–water partition coefficient (Wildman–Crippen LogP) is 5.97. The maximum absolute atomic E-state index is 6.59. The zero-order chi connectivity index (χ0) is 20.2. The van der Waals surface area contributed by atoms with Gasteiger partial charge in [0.2, 0.25) is 0 Å². The van der Waals surface area contributed by atoms with Crippen LogP contribution < -0.4 is 15.9 Å². The molecule has 0 aliphatic rings. The van der Waals surface area contributed by atoms with Crippen LogP contribution in [0.1, 0.15) is 26.3 Å². The minimum absolute atomic E-state index is 0.214. The van der Waals surface area contributed by atoms with Gasteiger partial charge in [-0.05, 0) is 47.5 Å². The Morgan fingerprint density at radius 2 is 1.18 bits per heavy atom. The Labute approximate surface area is 172 Å². The van der Waals surface area contributed by atoms with Crippen molar-refractivity contribution in [1.82, 2.24) is 0 Å². The first-order valence-electron chi connectivity index (χ1n) is 9.92. The molecular weight excluding hydrogens is 375 g/mol. The summed E-state index contributed by atoms with van der Waals surface area (Å²) in [4.78, 5) is 0. The van der Waals surface area contributed by atoms with Crippen molar-refractivity contribution in [2.75, 3.05) is 0 Å². The highest BCUT2D eigenvalue weighted by Crippen LogP contribution is 2.38. The summed E-state index contributed by atoms with van der Waals surface area (Å²) in [5.74, 6) is 0. The Morgan fingerprint density at radius 1 is 0.714 bits per heavy atom. The highest BCUT2D eigenvalue weighted by molar-refractivity contribution is 7.79. The third-order valence-corrected chi connectivity index (χ3v) is 12.7. The van der Waals surface area contributed by atoms with Gasteiger partial charge in [-0.3, -0.25) is 0 Å². The number of hydrogen-bond donors (Lipinski definition) is 0. The molecule has 3 heteroatoms. The molecule has 146 valence electrons. The van der Waals surface area contributed by atoms with Gasteiger partial charge in [-0.25, -0.2) is 0 Å². The Hall–Kier alpha value is -1.73. The van der Waals surface area contributed by atoms with E-state index in [9.17, 15) is 0 Å². The van der Waals surface area contributed by atoms with Gasteiger partial charge >= 0.3 is 0 Å². The van der Waals surface area contributed by atoms with Gasteiger partial charge in [-0.2, -0.15) is 0 Å². The summed E-state index contributed by atoms with van der Waals surface area (Å²) >= 11 is 0. The first-order valence-corrected chi connectivity index (χ1v) is 14.2. The van der Waals surface area contributed by atoms with E-state index in [1.54, 1.807) is 0 Å². The van der Waals surface area contributed by atoms with Crippen molar-refractivity contribution in [3.63, 3.8) is 0 Å². The molecule has 0 heterocycles. The molecule has 0 fully saturated rings. The molecule has 28 heavy (non-hydrogen) atoms. The van der Waals surface area contributed by atoms with Crippen molar-refractivity contribution < 1.29 is 4.43 Å². The van der Waals surface area contributed by atoms with Crippen molar-refractivity contribution in [1.29, 1.82) is 0 Å². The van der Waals surface area contributed by atoms with Crippen LogP contribution in [-0.4, -0.2) is 8.32 Å². The quantitative estimate of drug-likeness (QED) is 0.362. The van der Waals surface area contributed by atoms with Crippen LogP contribution in [0.3, 0.4) is 0 Å². The molecule has 0 amide bonds. The first kappa shape index (κ1) is 21.0. The van der Waals surface area contributed by atoms with E-state index >= 15 is 0 Å². The fourth-order valence-corrected chi connectivity index (χ4v) is 6.31. The smallest absolute Gasteiger partial charge is 0.192 e. The van der Waals surface area contributed by atoms with E-state index in [1.807, 2.05) is 0 Å². The molecule has 0 bridgehead atoms. The fourth-order valence-electron chi connectivity index (χ4n) is 2.91. The van der Waals surface area contributed by atoms with E-state index in [0.717, 1.165) is 0 Å². The van der Waals surface area contributed by atoms with Gasteiger partial charge in [-0.15, -0.1) is 0 Å². The van der Waals surface area contributed by atoms with Crippen LogP contribution in [0, 0.1) is 0 Å². The Balaban J connectivity index is 2.01. The molecular formula is C25H31OPSi. The van der Waals surface area contributed by atoms with Crippen LogP contribution in [0.4, 0.5) is 0 Å².